The van der Waals surface area contributed by atoms with Crippen LogP contribution in [0.5, 0.6) is 0 Å². The van der Waals surface area contributed by atoms with Crippen molar-refractivity contribution < 1.29 is 18.3 Å². The highest BCUT2D eigenvalue weighted by atomic mass is 32.2. The largest absolute Gasteiger partial charge is 0.480 e. The highest BCUT2D eigenvalue weighted by molar-refractivity contribution is 7.86. The number of carboxylic acid groups (broad SMARTS) is 1. The second-order valence-corrected chi connectivity index (χ2v) is 6.39. The van der Waals surface area contributed by atoms with Crippen molar-refractivity contribution in [2.45, 2.75) is 45.6 Å². The lowest BCUT2D eigenvalue weighted by Crippen LogP contribution is -2.48. The second kappa shape index (κ2) is 6.49. The standard InChI is InChI=1S/C11H22N2O4S/c1-3-7-12(8-4-2)18(16,17)13-9-5-6-10(13)11(14)15/h10H,3-9H2,1-2H3,(H,14,15). The maximum Gasteiger partial charge on any atom is 0.322 e. The van der Waals surface area contributed by atoms with Crippen LogP contribution in [0.1, 0.15) is 39.5 Å². The van der Waals surface area contributed by atoms with Crippen molar-refractivity contribution in [2.24, 2.45) is 0 Å². The van der Waals surface area contributed by atoms with Gasteiger partial charge in [0.1, 0.15) is 6.04 Å². The summed E-state index contributed by atoms with van der Waals surface area (Å²) in [6.07, 6.45) is 2.47. The summed E-state index contributed by atoms with van der Waals surface area (Å²) in [6.45, 7) is 5.02. The molecule has 0 aromatic heterocycles. The smallest absolute Gasteiger partial charge is 0.322 e. The lowest BCUT2D eigenvalue weighted by atomic mass is 10.2. The number of hydrogen-bond donors (Lipinski definition) is 1. The van der Waals surface area contributed by atoms with Crippen molar-refractivity contribution in [3.8, 4) is 0 Å². The van der Waals surface area contributed by atoms with Gasteiger partial charge in [0.05, 0.1) is 0 Å². The Balaban J connectivity index is 2.92. The quantitative estimate of drug-likeness (QED) is 0.750. The maximum atomic E-state index is 12.4. The first kappa shape index (κ1) is 15.4. The molecule has 0 aromatic rings. The number of nitrogens with zero attached hydrogens (tertiary/aromatic N) is 2. The molecule has 0 aliphatic carbocycles. The van der Waals surface area contributed by atoms with E-state index in [0.717, 1.165) is 17.1 Å². The molecule has 1 saturated heterocycles. The summed E-state index contributed by atoms with van der Waals surface area (Å²) in [6, 6.07) is -0.897. The minimum atomic E-state index is -3.63. The third kappa shape index (κ3) is 3.21. The van der Waals surface area contributed by atoms with Gasteiger partial charge in [-0.1, -0.05) is 13.8 Å². The Morgan fingerprint density at radius 2 is 1.89 bits per heavy atom. The third-order valence-electron chi connectivity index (χ3n) is 3.06. The molecule has 1 N–H and O–H groups in total. The molecule has 1 rings (SSSR count). The molecule has 0 radical (unpaired) electrons. The van der Waals surface area contributed by atoms with Crippen LogP contribution < -0.4 is 0 Å². The third-order valence-corrected chi connectivity index (χ3v) is 5.10. The molecule has 0 aromatic carbocycles. The first-order valence-corrected chi connectivity index (χ1v) is 7.84. The number of carbonyl (C=O) groups is 1. The molecule has 0 bridgehead atoms. The number of hydrogen-bond acceptors (Lipinski definition) is 3. The molecule has 7 heteroatoms. The van der Waals surface area contributed by atoms with Crippen LogP contribution in [-0.2, 0) is 15.0 Å². The Hall–Kier alpha value is -0.660. The van der Waals surface area contributed by atoms with Crippen molar-refractivity contribution in [2.75, 3.05) is 19.6 Å². The van der Waals surface area contributed by atoms with Gasteiger partial charge >= 0.3 is 5.97 Å². The average molecular weight is 278 g/mol. The van der Waals surface area contributed by atoms with Crippen LogP contribution in [0.15, 0.2) is 0 Å². The number of rotatable bonds is 7. The predicted octanol–water partition coefficient (Wildman–Crippen LogP) is 0.902. The van der Waals surface area contributed by atoms with E-state index in [1.165, 1.54) is 4.31 Å². The summed E-state index contributed by atoms with van der Waals surface area (Å²) in [5.41, 5.74) is 0. The van der Waals surface area contributed by atoms with Gasteiger partial charge in [0.2, 0.25) is 0 Å². The predicted molar refractivity (Wildman–Crippen MR) is 68.4 cm³/mol. The van der Waals surface area contributed by atoms with Gasteiger partial charge in [0, 0.05) is 19.6 Å². The fourth-order valence-electron chi connectivity index (χ4n) is 2.25. The van der Waals surface area contributed by atoms with E-state index in [1.807, 2.05) is 13.8 Å². The Morgan fingerprint density at radius 3 is 2.33 bits per heavy atom. The summed E-state index contributed by atoms with van der Waals surface area (Å²) >= 11 is 0. The minimum absolute atomic E-state index is 0.309. The molecule has 0 saturated carbocycles. The SMILES string of the molecule is CCCN(CCC)S(=O)(=O)N1CCCC1C(=O)O. The van der Waals surface area contributed by atoms with Crippen molar-refractivity contribution in [3.63, 3.8) is 0 Å². The molecule has 18 heavy (non-hydrogen) atoms. The molecule has 106 valence electrons. The summed E-state index contributed by atoms with van der Waals surface area (Å²) in [7, 11) is -3.63. The van der Waals surface area contributed by atoms with E-state index in [9.17, 15) is 13.2 Å². The van der Waals surface area contributed by atoms with Crippen LogP contribution in [0.3, 0.4) is 0 Å². The summed E-state index contributed by atoms with van der Waals surface area (Å²) in [5.74, 6) is -1.05. The van der Waals surface area contributed by atoms with Crippen molar-refractivity contribution in [3.05, 3.63) is 0 Å². The van der Waals surface area contributed by atoms with E-state index < -0.39 is 22.2 Å². The van der Waals surface area contributed by atoms with Gasteiger partial charge < -0.3 is 5.11 Å². The van der Waals surface area contributed by atoms with E-state index in [1.54, 1.807) is 0 Å². The second-order valence-electron chi connectivity index (χ2n) is 4.51. The first-order valence-electron chi connectivity index (χ1n) is 6.44. The zero-order valence-corrected chi connectivity index (χ0v) is 11.8. The van der Waals surface area contributed by atoms with Crippen LogP contribution in [0.25, 0.3) is 0 Å². The van der Waals surface area contributed by atoms with Crippen molar-refractivity contribution in [1.29, 1.82) is 0 Å². The maximum absolute atomic E-state index is 12.4. The molecule has 0 spiro atoms. The van der Waals surface area contributed by atoms with Gasteiger partial charge in [-0.3, -0.25) is 4.79 Å². The highest BCUT2D eigenvalue weighted by Crippen LogP contribution is 2.23. The van der Waals surface area contributed by atoms with Gasteiger partial charge in [-0.2, -0.15) is 17.0 Å². The average Bonchev–Trinajstić information content (AvgIpc) is 2.78. The minimum Gasteiger partial charge on any atom is -0.480 e. The van der Waals surface area contributed by atoms with Gasteiger partial charge in [0.25, 0.3) is 10.2 Å². The van der Waals surface area contributed by atoms with Gasteiger partial charge in [-0.05, 0) is 25.7 Å². The molecule has 1 aliphatic rings. The van der Waals surface area contributed by atoms with E-state index in [4.69, 9.17) is 5.11 Å². The normalized spacial score (nSPS) is 21.6. The molecule has 1 fully saturated rings. The Kier molecular flexibility index (Phi) is 5.55. The monoisotopic (exact) mass is 278 g/mol. The first-order chi connectivity index (χ1) is 8.45. The number of carboxylic acids is 1. The lowest BCUT2D eigenvalue weighted by Gasteiger charge is -2.29. The Labute approximate surface area is 109 Å². The highest BCUT2D eigenvalue weighted by Gasteiger charge is 2.41. The van der Waals surface area contributed by atoms with Crippen LogP contribution in [0.2, 0.25) is 0 Å². The van der Waals surface area contributed by atoms with Crippen LogP contribution in [-0.4, -0.2) is 53.8 Å². The Bertz CT molecular complexity index is 377. The van der Waals surface area contributed by atoms with E-state index in [0.29, 0.717) is 32.5 Å². The van der Waals surface area contributed by atoms with Crippen molar-refractivity contribution >= 4 is 16.2 Å². The molecule has 6 nitrogen and oxygen atoms in total. The lowest BCUT2D eigenvalue weighted by molar-refractivity contribution is -0.140. The zero-order valence-electron chi connectivity index (χ0n) is 11.0. The summed E-state index contributed by atoms with van der Waals surface area (Å²) in [5, 5.41) is 9.06. The Morgan fingerprint density at radius 1 is 1.33 bits per heavy atom. The summed E-state index contributed by atoms with van der Waals surface area (Å²) < 4.78 is 27.4. The van der Waals surface area contributed by atoms with E-state index >= 15 is 0 Å². The molecule has 1 aliphatic heterocycles. The van der Waals surface area contributed by atoms with Gasteiger partial charge in [-0.25, -0.2) is 0 Å². The van der Waals surface area contributed by atoms with Crippen molar-refractivity contribution in [1.82, 2.24) is 8.61 Å². The number of aliphatic carboxylic acids is 1. The topological polar surface area (TPSA) is 77.9 Å². The van der Waals surface area contributed by atoms with Crippen LogP contribution in [0, 0.1) is 0 Å². The molecular weight excluding hydrogens is 256 g/mol. The van der Waals surface area contributed by atoms with E-state index in [2.05, 4.69) is 0 Å². The van der Waals surface area contributed by atoms with Gasteiger partial charge in [0.15, 0.2) is 0 Å². The molecule has 1 atom stereocenters. The molecular formula is C11H22N2O4S. The molecule has 1 heterocycles. The zero-order chi connectivity index (χ0) is 13.8. The van der Waals surface area contributed by atoms with Crippen LogP contribution in [0.4, 0.5) is 0 Å². The molecule has 1 unspecified atom stereocenters. The van der Waals surface area contributed by atoms with Crippen LogP contribution >= 0.6 is 0 Å². The fourth-order valence-corrected chi connectivity index (χ4v) is 4.25. The van der Waals surface area contributed by atoms with Gasteiger partial charge in [-0.15, -0.1) is 0 Å². The fraction of sp³-hybridized carbons (Fsp3) is 0.909. The molecule has 0 amide bonds. The summed E-state index contributed by atoms with van der Waals surface area (Å²) in [4.78, 5) is 11.1. The van der Waals surface area contributed by atoms with E-state index in [-0.39, 0.29) is 0 Å².